The molecule has 0 aromatic carbocycles. The number of hydrogen-bond donors (Lipinski definition) is 1. The van der Waals surface area contributed by atoms with Gasteiger partial charge in [0.1, 0.15) is 6.04 Å². The summed E-state index contributed by atoms with van der Waals surface area (Å²) in [5.41, 5.74) is -0.530. The SMILES string of the molecule is COC(=O)C(NS(=O)(=O)CCC(C)C)C(C)(C)C. The Hall–Kier alpha value is -0.620. The fourth-order valence-electron chi connectivity index (χ4n) is 1.33. The molecule has 0 aliphatic rings. The van der Waals surface area contributed by atoms with Crippen molar-refractivity contribution in [1.29, 1.82) is 0 Å². The molecule has 0 fully saturated rings. The molecule has 0 aliphatic heterocycles. The van der Waals surface area contributed by atoms with Crippen LogP contribution in [0.3, 0.4) is 0 Å². The summed E-state index contributed by atoms with van der Waals surface area (Å²) < 4.78 is 30.9. The number of ether oxygens (including phenoxy) is 1. The van der Waals surface area contributed by atoms with E-state index < -0.39 is 27.4 Å². The molecule has 0 aromatic rings. The van der Waals surface area contributed by atoms with Gasteiger partial charge >= 0.3 is 5.97 Å². The maximum absolute atomic E-state index is 11.9. The van der Waals surface area contributed by atoms with Crippen molar-refractivity contribution in [2.75, 3.05) is 12.9 Å². The third kappa shape index (κ3) is 6.35. The van der Waals surface area contributed by atoms with Crippen LogP contribution >= 0.6 is 0 Å². The van der Waals surface area contributed by atoms with Crippen LogP contribution in [0.2, 0.25) is 0 Å². The van der Waals surface area contributed by atoms with Crippen LogP contribution in [0.5, 0.6) is 0 Å². The van der Waals surface area contributed by atoms with Crippen LogP contribution in [0.25, 0.3) is 0 Å². The molecule has 0 heterocycles. The summed E-state index contributed by atoms with van der Waals surface area (Å²) in [6.45, 7) is 9.28. The lowest BCUT2D eigenvalue weighted by atomic mass is 9.87. The summed E-state index contributed by atoms with van der Waals surface area (Å²) in [4.78, 5) is 11.6. The normalized spacial score (nSPS) is 14.6. The number of carbonyl (C=O) groups excluding carboxylic acids is 1. The predicted molar refractivity (Wildman–Crippen MR) is 71.6 cm³/mol. The zero-order chi connectivity index (χ0) is 14.6. The van der Waals surface area contributed by atoms with Crippen molar-refractivity contribution in [3.05, 3.63) is 0 Å². The fraction of sp³-hybridized carbons (Fsp3) is 0.917. The molecule has 0 aromatic heterocycles. The van der Waals surface area contributed by atoms with E-state index in [1.165, 1.54) is 7.11 Å². The van der Waals surface area contributed by atoms with E-state index in [1.807, 2.05) is 13.8 Å². The Labute approximate surface area is 110 Å². The van der Waals surface area contributed by atoms with Crippen molar-refractivity contribution in [3.8, 4) is 0 Å². The highest BCUT2D eigenvalue weighted by Crippen LogP contribution is 2.21. The van der Waals surface area contributed by atoms with E-state index >= 15 is 0 Å². The van der Waals surface area contributed by atoms with Crippen molar-refractivity contribution in [3.63, 3.8) is 0 Å². The summed E-state index contributed by atoms with van der Waals surface area (Å²) >= 11 is 0. The number of carbonyl (C=O) groups is 1. The van der Waals surface area contributed by atoms with Gasteiger partial charge in [-0.15, -0.1) is 0 Å². The summed E-state index contributed by atoms with van der Waals surface area (Å²) in [7, 11) is -2.21. The highest BCUT2D eigenvalue weighted by molar-refractivity contribution is 7.89. The third-order valence-electron chi connectivity index (χ3n) is 2.56. The average Bonchev–Trinajstić information content (AvgIpc) is 2.21. The Morgan fingerprint density at radius 1 is 1.28 bits per heavy atom. The molecule has 5 nitrogen and oxygen atoms in total. The molecule has 0 spiro atoms. The van der Waals surface area contributed by atoms with Gasteiger partial charge in [0.2, 0.25) is 10.0 Å². The first-order valence-electron chi connectivity index (χ1n) is 6.07. The zero-order valence-electron chi connectivity index (χ0n) is 12.1. The lowest BCUT2D eigenvalue weighted by molar-refractivity contribution is -0.145. The van der Waals surface area contributed by atoms with Crippen molar-refractivity contribution in [2.24, 2.45) is 11.3 Å². The quantitative estimate of drug-likeness (QED) is 0.749. The fourth-order valence-corrected chi connectivity index (χ4v) is 3.03. The molecule has 0 saturated heterocycles. The summed E-state index contributed by atoms with van der Waals surface area (Å²) in [6, 6.07) is -0.861. The molecule has 18 heavy (non-hydrogen) atoms. The second-order valence-corrected chi connectivity index (χ2v) is 7.81. The van der Waals surface area contributed by atoms with Crippen LogP contribution < -0.4 is 4.72 Å². The van der Waals surface area contributed by atoms with Gasteiger partial charge in [-0.2, -0.15) is 0 Å². The molecule has 1 N–H and O–H groups in total. The van der Waals surface area contributed by atoms with Gasteiger partial charge < -0.3 is 4.74 Å². The number of nitrogens with one attached hydrogen (secondary N) is 1. The van der Waals surface area contributed by atoms with Crippen LogP contribution in [0.15, 0.2) is 0 Å². The topological polar surface area (TPSA) is 72.5 Å². The van der Waals surface area contributed by atoms with Crippen LogP contribution in [-0.4, -0.2) is 33.3 Å². The number of rotatable bonds is 6. The minimum atomic E-state index is -3.46. The highest BCUT2D eigenvalue weighted by atomic mass is 32.2. The molecule has 6 heteroatoms. The van der Waals surface area contributed by atoms with Crippen molar-refractivity contribution < 1.29 is 17.9 Å². The van der Waals surface area contributed by atoms with Gasteiger partial charge in [0.05, 0.1) is 12.9 Å². The summed E-state index contributed by atoms with van der Waals surface area (Å²) in [5, 5.41) is 0. The number of sulfonamides is 1. The van der Waals surface area contributed by atoms with Gasteiger partial charge in [-0.25, -0.2) is 13.1 Å². The zero-order valence-corrected chi connectivity index (χ0v) is 12.9. The molecule has 1 atom stereocenters. The molecular weight excluding hydrogens is 254 g/mol. The van der Waals surface area contributed by atoms with Crippen LogP contribution in [0.4, 0.5) is 0 Å². The van der Waals surface area contributed by atoms with Gasteiger partial charge in [0.25, 0.3) is 0 Å². The molecule has 108 valence electrons. The molecule has 0 aliphatic carbocycles. The first kappa shape index (κ1) is 17.4. The minimum Gasteiger partial charge on any atom is -0.468 e. The second-order valence-electron chi connectivity index (χ2n) is 5.94. The van der Waals surface area contributed by atoms with E-state index in [1.54, 1.807) is 20.8 Å². The van der Waals surface area contributed by atoms with Crippen LogP contribution in [0.1, 0.15) is 41.0 Å². The van der Waals surface area contributed by atoms with Gasteiger partial charge in [-0.3, -0.25) is 4.79 Å². The van der Waals surface area contributed by atoms with Crippen molar-refractivity contribution in [2.45, 2.75) is 47.1 Å². The molecule has 1 unspecified atom stereocenters. The van der Waals surface area contributed by atoms with E-state index in [9.17, 15) is 13.2 Å². The Balaban J connectivity index is 4.83. The Kier molecular flexibility index (Phi) is 6.29. The molecule has 0 radical (unpaired) electrons. The lowest BCUT2D eigenvalue weighted by Gasteiger charge is -2.28. The van der Waals surface area contributed by atoms with Gasteiger partial charge in [-0.05, 0) is 17.8 Å². The Morgan fingerprint density at radius 2 is 1.78 bits per heavy atom. The number of hydrogen-bond acceptors (Lipinski definition) is 4. The maximum Gasteiger partial charge on any atom is 0.324 e. The van der Waals surface area contributed by atoms with Gasteiger partial charge in [0.15, 0.2) is 0 Å². The summed E-state index contributed by atoms with van der Waals surface area (Å²) in [6.07, 6.45) is 0.563. The average molecular weight is 279 g/mol. The molecule has 0 amide bonds. The predicted octanol–water partition coefficient (Wildman–Crippen LogP) is 1.54. The summed E-state index contributed by atoms with van der Waals surface area (Å²) in [5.74, 6) is -0.239. The van der Waals surface area contributed by atoms with Crippen LogP contribution in [0, 0.1) is 11.3 Å². The Morgan fingerprint density at radius 3 is 2.11 bits per heavy atom. The first-order valence-corrected chi connectivity index (χ1v) is 7.72. The van der Waals surface area contributed by atoms with Gasteiger partial charge in [0, 0.05) is 0 Å². The van der Waals surface area contributed by atoms with Crippen LogP contribution in [-0.2, 0) is 19.6 Å². The monoisotopic (exact) mass is 279 g/mol. The van der Waals surface area contributed by atoms with Crippen molar-refractivity contribution in [1.82, 2.24) is 4.72 Å². The van der Waals surface area contributed by atoms with E-state index in [0.717, 1.165) is 0 Å². The van der Waals surface area contributed by atoms with E-state index in [-0.39, 0.29) is 5.75 Å². The van der Waals surface area contributed by atoms with Crippen molar-refractivity contribution >= 4 is 16.0 Å². The molecule has 0 bridgehead atoms. The molecule has 0 saturated carbocycles. The second kappa shape index (κ2) is 6.52. The Bertz CT molecular complexity index is 368. The smallest absolute Gasteiger partial charge is 0.324 e. The molecule has 0 rings (SSSR count). The lowest BCUT2D eigenvalue weighted by Crippen LogP contribution is -2.50. The minimum absolute atomic E-state index is 0.0221. The first-order chi connectivity index (χ1) is 7.99. The number of methoxy groups -OCH3 is 1. The number of esters is 1. The largest absolute Gasteiger partial charge is 0.468 e. The standard InChI is InChI=1S/C12H25NO4S/c1-9(2)7-8-18(15,16)13-10(11(14)17-6)12(3,4)5/h9-10,13H,7-8H2,1-6H3. The van der Waals surface area contributed by atoms with E-state index in [2.05, 4.69) is 9.46 Å². The van der Waals surface area contributed by atoms with E-state index in [4.69, 9.17) is 0 Å². The maximum atomic E-state index is 11.9. The highest BCUT2D eigenvalue weighted by Gasteiger charge is 2.35. The third-order valence-corrected chi connectivity index (χ3v) is 3.93. The van der Waals surface area contributed by atoms with E-state index in [0.29, 0.717) is 12.3 Å². The molecular formula is C12H25NO4S. The van der Waals surface area contributed by atoms with Gasteiger partial charge in [-0.1, -0.05) is 34.6 Å².